The molecule has 0 saturated heterocycles. The van der Waals surface area contributed by atoms with Crippen molar-refractivity contribution in [3.05, 3.63) is 0 Å². The first-order valence-electron chi connectivity index (χ1n) is 18.0. The van der Waals surface area contributed by atoms with E-state index in [0.717, 1.165) is 65.3 Å². The smallest absolute Gasteiger partial charge is 0.0776 e. The first kappa shape index (κ1) is 27.4. The van der Waals surface area contributed by atoms with Crippen molar-refractivity contribution in [3.8, 4) is 0 Å². The maximum absolute atomic E-state index is 10.5. The van der Waals surface area contributed by atoms with Crippen LogP contribution in [0.15, 0.2) is 10.3 Å². The van der Waals surface area contributed by atoms with Crippen molar-refractivity contribution in [3.63, 3.8) is 0 Å². The van der Waals surface area contributed by atoms with Crippen molar-refractivity contribution < 1.29 is 10.4 Å². The molecule has 0 spiro atoms. The Labute approximate surface area is 247 Å². The van der Waals surface area contributed by atoms with Crippen LogP contribution < -0.4 is 10.6 Å². The molecule has 0 aromatic carbocycles. The topological polar surface area (TPSA) is 89.2 Å². The summed E-state index contributed by atoms with van der Waals surface area (Å²) in [6.07, 6.45) is 21.5. The zero-order valence-corrected chi connectivity index (χ0v) is 25.5. The van der Waals surface area contributed by atoms with Gasteiger partial charge in [0.05, 0.1) is 23.5 Å². The standard InChI is InChI=1S/C35H56N4O2/c1-19(37-33(29-15-21-3-7-25(29)11-21)35(39-41)31-17-23-5-9-27(31)13-23)18-36-32(28-14-20-2-6-24(28)10-20)34(38-40)30-16-22-4-8-26(30)12-22/h19-33,36-37,40-41H,2-18H2,1H3. The lowest BCUT2D eigenvalue weighted by molar-refractivity contribution is 0.239. The molecule has 0 aromatic rings. The fraction of sp³-hybridized carbons (Fsp3) is 0.943. The van der Waals surface area contributed by atoms with Crippen molar-refractivity contribution in [2.45, 2.75) is 128 Å². The molecule has 4 N–H and O–H groups in total. The third kappa shape index (κ3) is 4.89. The second-order valence-corrected chi connectivity index (χ2v) is 16.7. The van der Waals surface area contributed by atoms with Gasteiger partial charge in [-0.05, 0) is 143 Å². The molecule has 8 aliphatic rings. The van der Waals surface area contributed by atoms with Gasteiger partial charge in [0, 0.05) is 24.4 Å². The molecule has 0 heterocycles. The Morgan fingerprint density at radius 3 is 1.41 bits per heavy atom. The largest absolute Gasteiger partial charge is 0.411 e. The predicted octanol–water partition coefficient (Wildman–Crippen LogP) is 6.70. The Balaban J connectivity index is 0.993. The van der Waals surface area contributed by atoms with E-state index in [2.05, 4.69) is 27.9 Å². The minimum Gasteiger partial charge on any atom is -0.411 e. The second-order valence-electron chi connectivity index (χ2n) is 16.7. The van der Waals surface area contributed by atoms with Crippen molar-refractivity contribution in [1.82, 2.24) is 10.6 Å². The zero-order valence-electron chi connectivity index (χ0n) is 25.5. The van der Waals surface area contributed by atoms with Gasteiger partial charge >= 0.3 is 0 Å². The lowest BCUT2D eigenvalue weighted by Gasteiger charge is -2.39. The first-order valence-corrected chi connectivity index (χ1v) is 18.0. The molecule has 228 valence electrons. The summed E-state index contributed by atoms with van der Waals surface area (Å²) in [4.78, 5) is 0. The third-order valence-corrected chi connectivity index (χ3v) is 14.7. The van der Waals surface area contributed by atoms with Gasteiger partial charge in [-0.2, -0.15) is 0 Å². The number of nitrogens with one attached hydrogen (secondary N) is 2. The highest BCUT2D eigenvalue weighted by Gasteiger charge is 2.51. The van der Waals surface area contributed by atoms with E-state index in [1.807, 2.05) is 0 Å². The van der Waals surface area contributed by atoms with Crippen LogP contribution in [0.3, 0.4) is 0 Å². The number of hydrogen-bond donors (Lipinski definition) is 4. The van der Waals surface area contributed by atoms with E-state index < -0.39 is 0 Å². The van der Waals surface area contributed by atoms with Crippen LogP contribution in [0.1, 0.15) is 110 Å². The highest BCUT2D eigenvalue weighted by Crippen LogP contribution is 2.55. The first-order chi connectivity index (χ1) is 20.1. The highest BCUT2D eigenvalue weighted by molar-refractivity contribution is 5.93. The van der Waals surface area contributed by atoms with Gasteiger partial charge in [0.15, 0.2) is 0 Å². The molecule has 15 atom stereocenters. The van der Waals surface area contributed by atoms with Gasteiger partial charge in [0.25, 0.3) is 0 Å². The van der Waals surface area contributed by atoms with Gasteiger partial charge in [-0.25, -0.2) is 0 Å². The Morgan fingerprint density at radius 2 is 1.02 bits per heavy atom. The molecule has 8 fully saturated rings. The SMILES string of the molecule is CC(CNC(C(=NO)C1CC2CCC1C2)C1CC2CCC1C2)NC(C(=NO)C1CC2CCC1C2)C1CC2CCC1C2. The molecule has 6 heteroatoms. The molecule has 0 radical (unpaired) electrons. The number of hydrogen-bond acceptors (Lipinski definition) is 6. The van der Waals surface area contributed by atoms with Crippen LogP contribution in [-0.4, -0.2) is 46.5 Å². The molecular weight excluding hydrogens is 508 g/mol. The number of fused-ring (bicyclic) bond motifs is 8. The fourth-order valence-corrected chi connectivity index (χ4v) is 12.9. The van der Waals surface area contributed by atoms with E-state index in [9.17, 15) is 10.4 Å². The van der Waals surface area contributed by atoms with E-state index in [4.69, 9.17) is 0 Å². The molecule has 6 nitrogen and oxygen atoms in total. The van der Waals surface area contributed by atoms with E-state index in [1.54, 1.807) is 0 Å². The summed E-state index contributed by atoms with van der Waals surface area (Å²) in [5.74, 6) is 8.72. The minimum atomic E-state index is 0.203. The number of oxime groups is 2. The minimum absolute atomic E-state index is 0.203. The third-order valence-electron chi connectivity index (χ3n) is 14.7. The summed E-state index contributed by atoms with van der Waals surface area (Å²) in [6, 6.07) is 0.686. The van der Waals surface area contributed by atoms with Gasteiger partial charge in [-0.3, -0.25) is 0 Å². The Hall–Kier alpha value is -1.14. The fourth-order valence-electron chi connectivity index (χ4n) is 12.9. The summed E-state index contributed by atoms with van der Waals surface area (Å²) < 4.78 is 0. The lowest BCUT2D eigenvalue weighted by atomic mass is 9.74. The molecule has 8 bridgehead atoms. The van der Waals surface area contributed by atoms with Gasteiger partial charge in [-0.1, -0.05) is 36.0 Å². The van der Waals surface area contributed by atoms with Gasteiger partial charge in [-0.15, -0.1) is 0 Å². The van der Waals surface area contributed by atoms with Crippen molar-refractivity contribution in [2.75, 3.05) is 6.54 Å². The van der Waals surface area contributed by atoms with E-state index in [1.165, 1.54) is 103 Å². The van der Waals surface area contributed by atoms with Crippen LogP contribution in [0.25, 0.3) is 0 Å². The molecule has 0 aromatic heterocycles. The zero-order chi connectivity index (χ0) is 27.7. The van der Waals surface area contributed by atoms with Crippen molar-refractivity contribution >= 4 is 11.4 Å². The second kappa shape index (κ2) is 11.1. The van der Waals surface area contributed by atoms with E-state index in [-0.39, 0.29) is 18.1 Å². The van der Waals surface area contributed by atoms with Crippen molar-refractivity contribution in [1.29, 1.82) is 0 Å². The maximum Gasteiger partial charge on any atom is 0.0776 e. The molecular formula is C35H56N4O2. The van der Waals surface area contributed by atoms with E-state index in [0.29, 0.717) is 23.7 Å². The molecule has 8 rings (SSSR count). The summed E-state index contributed by atoms with van der Waals surface area (Å²) in [6.45, 7) is 3.22. The van der Waals surface area contributed by atoms with Gasteiger partial charge < -0.3 is 21.0 Å². The Bertz CT molecular complexity index is 1030. The van der Waals surface area contributed by atoms with Crippen molar-refractivity contribution in [2.24, 2.45) is 81.3 Å². The molecule has 41 heavy (non-hydrogen) atoms. The van der Waals surface area contributed by atoms with Crippen LogP contribution in [0.4, 0.5) is 0 Å². The summed E-state index contributed by atoms with van der Waals surface area (Å²) in [5, 5.41) is 37.5. The van der Waals surface area contributed by atoms with Crippen LogP contribution in [-0.2, 0) is 0 Å². The van der Waals surface area contributed by atoms with Gasteiger partial charge in [0.2, 0.25) is 0 Å². The highest BCUT2D eigenvalue weighted by atomic mass is 16.4. The van der Waals surface area contributed by atoms with Crippen LogP contribution in [0.5, 0.6) is 0 Å². The number of rotatable bonds is 11. The normalized spacial score (nSPS) is 48.5. The predicted molar refractivity (Wildman–Crippen MR) is 162 cm³/mol. The van der Waals surface area contributed by atoms with Crippen LogP contribution in [0, 0.1) is 71.0 Å². The molecule has 8 saturated carbocycles. The number of nitrogens with zero attached hydrogens (tertiary/aromatic N) is 2. The van der Waals surface area contributed by atoms with Crippen LogP contribution >= 0.6 is 0 Å². The summed E-state index contributed by atoms with van der Waals surface area (Å²) in [7, 11) is 0. The van der Waals surface area contributed by atoms with E-state index >= 15 is 0 Å². The van der Waals surface area contributed by atoms with Gasteiger partial charge in [0.1, 0.15) is 0 Å². The average Bonchev–Trinajstić information content (AvgIpc) is 3.84. The quantitative estimate of drug-likeness (QED) is 0.128. The molecule has 8 aliphatic carbocycles. The molecule has 0 aliphatic heterocycles. The lowest BCUT2D eigenvalue weighted by Crippen LogP contribution is -2.56. The summed E-state index contributed by atoms with van der Waals surface area (Å²) in [5.41, 5.74) is 2.21. The maximum atomic E-state index is 10.5. The molecule has 0 amide bonds. The monoisotopic (exact) mass is 564 g/mol. The Morgan fingerprint density at radius 1 is 0.585 bits per heavy atom. The van der Waals surface area contributed by atoms with Crippen LogP contribution in [0.2, 0.25) is 0 Å². The summed E-state index contributed by atoms with van der Waals surface area (Å²) >= 11 is 0. The molecule has 15 unspecified atom stereocenters. The Kier molecular flexibility index (Phi) is 7.42. The average molecular weight is 565 g/mol.